The van der Waals surface area contributed by atoms with Crippen molar-refractivity contribution in [3.8, 4) is 5.75 Å². The standard InChI is InChI=1S/C34H26N2O6/c1-41-22-15-13-20(14-16-22)35-27(37)18-42-34(40)19-7-6-8-21(17-19)36-32(38)30-28-23-9-2-3-10-24(23)29(31(30)33(36)39)26-12-5-4-11-25(26)28/h2-17,28-31H,18H2,1H3,(H,35,37)/t28?,29?,30-,31-/m1/s1. The fourth-order valence-electron chi connectivity index (χ4n) is 6.79. The minimum atomic E-state index is -0.738. The third kappa shape index (κ3) is 3.98. The second kappa shape index (κ2) is 9.99. The van der Waals surface area contributed by atoms with Crippen LogP contribution in [0.1, 0.15) is 44.4 Å². The Balaban J connectivity index is 1.11. The van der Waals surface area contributed by atoms with Gasteiger partial charge in [-0.3, -0.25) is 14.4 Å². The van der Waals surface area contributed by atoms with Crippen LogP contribution in [-0.4, -0.2) is 37.4 Å². The van der Waals surface area contributed by atoms with Crippen LogP contribution in [0.2, 0.25) is 0 Å². The molecule has 1 fully saturated rings. The van der Waals surface area contributed by atoms with Gasteiger partial charge in [-0.15, -0.1) is 0 Å². The number of anilines is 2. The second-order valence-corrected chi connectivity index (χ2v) is 10.7. The predicted octanol–water partition coefficient (Wildman–Crippen LogP) is 4.89. The Morgan fingerprint density at radius 1 is 0.738 bits per heavy atom. The van der Waals surface area contributed by atoms with Crippen LogP contribution in [0, 0.1) is 11.8 Å². The summed E-state index contributed by atoms with van der Waals surface area (Å²) in [5.41, 5.74) is 5.35. The number of hydrogen-bond acceptors (Lipinski definition) is 6. The Labute approximate surface area is 241 Å². The molecule has 2 bridgehead atoms. The zero-order chi connectivity index (χ0) is 29.0. The summed E-state index contributed by atoms with van der Waals surface area (Å²) in [5.74, 6) is -2.62. The maximum absolute atomic E-state index is 14.0. The van der Waals surface area contributed by atoms with Crippen molar-refractivity contribution in [3.63, 3.8) is 0 Å². The number of carbonyl (C=O) groups is 4. The summed E-state index contributed by atoms with van der Waals surface area (Å²) in [5, 5.41) is 2.66. The maximum Gasteiger partial charge on any atom is 0.338 e. The molecule has 0 radical (unpaired) electrons. The molecule has 3 amide bonds. The van der Waals surface area contributed by atoms with Crippen LogP contribution in [0.5, 0.6) is 5.75 Å². The first-order valence-electron chi connectivity index (χ1n) is 13.7. The Bertz CT molecular complexity index is 1650. The van der Waals surface area contributed by atoms with Gasteiger partial charge in [0.25, 0.3) is 5.91 Å². The highest BCUT2D eigenvalue weighted by Gasteiger charge is 2.61. The minimum Gasteiger partial charge on any atom is -0.497 e. The second-order valence-electron chi connectivity index (χ2n) is 10.7. The van der Waals surface area contributed by atoms with Crippen molar-refractivity contribution in [1.82, 2.24) is 0 Å². The van der Waals surface area contributed by atoms with Gasteiger partial charge in [-0.25, -0.2) is 9.69 Å². The van der Waals surface area contributed by atoms with Crippen LogP contribution in [-0.2, 0) is 19.1 Å². The fraction of sp³-hybridized carbons (Fsp3) is 0.176. The Kier molecular flexibility index (Phi) is 6.12. The first-order valence-corrected chi connectivity index (χ1v) is 13.7. The van der Waals surface area contributed by atoms with E-state index in [1.54, 1.807) is 43.5 Å². The number of nitrogens with zero attached hydrogens (tertiary/aromatic N) is 1. The van der Waals surface area contributed by atoms with Gasteiger partial charge in [0, 0.05) is 17.5 Å². The van der Waals surface area contributed by atoms with Gasteiger partial charge in [0.05, 0.1) is 30.2 Å². The molecule has 4 aliphatic rings. The highest BCUT2D eigenvalue weighted by Crippen LogP contribution is 2.61. The topological polar surface area (TPSA) is 102 Å². The molecule has 1 N–H and O–H groups in total. The molecule has 1 saturated heterocycles. The molecule has 0 aromatic heterocycles. The van der Waals surface area contributed by atoms with Crippen LogP contribution in [0.15, 0.2) is 97.1 Å². The van der Waals surface area contributed by atoms with Crippen molar-refractivity contribution in [3.05, 3.63) is 125 Å². The van der Waals surface area contributed by atoms with Gasteiger partial charge in [0.15, 0.2) is 6.61 Å². The van der Waals surface area contributed by atoms with E-state index in [2.05, 4.69) is 29.6 Å². The number of carbonyl (C=O) groups excluding carboxylic acids is 4. The normalized spacial score (nSPS) is 21.3. The van der Waals surface area contributed by atoms with Crippen LogP contribution in [0.25, 0.3) is 0 Å². The van der Waals surface area contributed by atoms with Gasteiger partial charge in [-0.2, -0.15) is 0 Å². The summed E-state index contributed by atoms with van der Waals surface area (Å²) in [6, 6.07) is 29.1. The number of hydrogen-bond donors (Lipinski definition) is 1. The van der Waals surface area contributed by atoms with E-state index in [9.17, 15) is 19.2 Å². The lowest BCUT2D eigenvalue weighted by Gasteiger charge is -2.45. The Morgan fingerprint density at radius 2 is 1.29 bits per heavy atom. The highest BCUT2D eigenvalue weighted by atomic mass is 16.5. The lowest BCUT2D eigenvalue weighted by atomic mass is 9.55. The molecule has 2 atom stereocenters. The van der Waals surface area contributed by atoms with E-state index in [4.69, 9.17) is 9.47 Å². The van der Waals surface area contributed by atoms with Crippen molar-refractivity contribution >= 4 is 35.1 Å². The first kappa shape index (κ1) is 25.7. The number of benzene rings is 4. The summed E-state index contributed by atoms with van der Waals surface area (Å²) in [7, 11) is 1.55. The van der Waals surface area contributed by atoms with E-state index in [0.29, 0.717) is 17.1 Å². The Morgan fingerprint density at radius 3 is 1.81 bits per heavy atom. The van der Waals surface area contributed by atoms with E-state index in [1.165, 1.54) is 17.0 Å². The monoisotopic (exact) mass is 558 g/mol. The minimum absolute atomic E-state index is 0.134. The van der Waals surface area contributed by atoms with Crippen LogP contribution in [0.4, 0.5) is 11.4 Å². The molecule has 208 valence electrons. The predicted molar refractivity (Wildman–Crippen MR) is 154 cm³/mol. The molecule has 4 aromatic carbocycles. The first-order chi connectivity index (χ1) is 20.5. The average Bonchev–Trinajstić information content (AvgIpc) is 3.30. The molecule has 0 saturated carbocycles. The molecule has 0 unspecified atom stereocenters. The number of amides is 3. The quantitative estimate of drug-likeness (QED) is 0.267. The van der Waals surface area contributed by atoms with Gasteiger partial charge in [0.2, 0.25) is 11.8 Å². The van der Waals surface area contributed by atoms with Crippen molar-refractivity contribution < 1.29 is 28.7 Å². The SMILES string of the molecule is COc1ccc(NC(=O)COC(=O)c2cccc(N3C(=O)[C@@H]4C5c6ccccc6C(c6ccccc65)[C@H]4C3=O)c2)cc1. The molecular weight excluding hydrogens is 532 g/mol. The van der Waals surface area contributed by atoms with Crippen molar-refractivity contribution in [2.24, 2.45) is 11.8 Å². The van der Waals surface area contributed by atoms with Crippen molar-refractivity contribution in [1.29, 1.82) is 0 Å². The summed E-state index contributed by atoms with van der Waals surface area (Å²) in [4.78, 5) is 54.4. The van der Waals surface area contributed by atoms with Gasteiger partial charge < -0.3 is 14.8 Å². The third-order valence-corrected chi connectivity index (χ3v) is 8.50. The van der Waals surface area contributed by atoms with Crippen LogP contribution in [0.3, 0.4) is 0 Å². The number of nitrogens with one attached hydrogen (secondary N) is 1. The lowest BCUT2D eigenvalue weighted by molar-refractivity contribution is -0.122. The van der Waals surface area contributed by atoms with Gasteiger partial charge in [-0.1, -0.05) is 54.6 Å². The number of imide groups is 1. The molecule has 3 aliphatic carbocycles. The molecule has 4 aromatic rings. The number of esters is 1. The van der Waals surface area contributed by atoms with E-state index < -0.39 is 30.3 Å². The lowest BCUT2D eigenvalue weighted by Crippen LogP contribution is -2.41. The molecule has 0 spiro atoms. The highest BCUT2D eigenvalue weighted by molar-refractivity contribution is 6.23. The Hall–Kier alpha value is -5.24. The fourth-order valence-corrected chi connectivity index (χ4v) is 6.79. The summed E-state index contributed by atoms with van der Waals surface area (Å²) in [6.07, 6.45) is 0. The van der Waals surface area contributed by atoms with E-state index in [1.807, 2.05) is 24.3 Å². The smallest absolute Gasteiger partial charge is 0.338 e. The zero-order valence-electron chi connectivity index (χ0n) is 22.7. The van der Waals surface area contributed by atoms with Gasteiger partial charge >= 0.3 is 5.97 Å². The van der Waals surface area contributed by atoms with Gasteiger partial charge in [-0.05, 0) is 64.7 Å². The largest absolute Gasteiger partial charge is 0.497 e. The number of ether oxygens (including phenoxy) is 2. The van der Waals surface area contributed by atoms with E-state index >= 15 is 0 Å². The van der Waals surface area contributed by atoms with Crippen LogP contribution >= 0.6 is 0 Å². The van der Waals surface area contributed by atoms with Crippen molar-refractivity contribution in [2.75, 3.05) is 23.9 Å². The van der Waals surface area contributed by atoms with E-state index in [-0.39, 0.29) is 29.2 Å². The van der Waals surface area contributed by atoms with Crippen molar-refractivity contribution in [2.45, 2.75) is 11.8 Å². The van der Waals surface area contributed by atoms with E-state index in [0.717, 1.165) is 22.3 Å². The summed E-state index contributed by atoms with van der Waals surface area (Å²) >= 11 is 0. The molecule has 8 rings (SSSR count). The molecular formula is C34H26N2O6. The maximum atomic E-state index is 14.0. The molecule has 8 heteroatoms. The molecule has 8 nitrogen and oxygen atoms in total. The third-order valence-electron chi connectivity index (χ3n) is 8.50. The van der Waals surface area contributed by atoms with Gasteiger partial charge in [0.1, 0.15) is 5.75 Å². The number of rotatable bonds is 6. The summed E-state index contributed by atoms with van der Waals surface area (Å²) < 4.78 is 10.3. The molecule has 1 aliphatic heterocycles. The molecule has 1 heterocycles. The number of methoxy groups -OCH3 is 1. The zero-order valence-corrected chi connectivity index (χ0v) is 22.7. The average molecular weight is 559 g/mol. The summed E-state index contributed by atoms with van der Waals surface area (Å²) in [6.45, 7) is -0.499. The molecule has 42 heavy (non-hydrogen) atoms. The van der Waals surface area contributed by atoms with Crippen LogP contribution < -0.4 is 15.0 Å².